The first kappa shape index (κ1) is 16.8. The maximum absolute atomic E-state index is 11.8. The summed E-state index contributed by atoms with van der Waals surface area (Å²) in [6.45, 7) is 7.19. The minimum Gasteiger partial charge on any atom is -0.334 e. The summed E-state index contributed by atoms with van der Waals surface area (Å²) in [5.41, 5.74) is 1.81. The predicted octanol–water partition coefficient (Wildman–Crippen LogP) is 4.09. The van der Waals surface area contributed by atoms with Crippen molar-refractivity contribution in [2.45, 2.75) is 39.3 Å². The van der Waals surface area contributed by atoms with Gasteiger partial charge in [0.2, 0.25) is 0 Å². The van der Waals surface area contributed by atoms with Crippen LogP contribution in [0.25, 0.3) is 0 Å². The molecule has 0 bridgehead atoms. The zero-order chi connectivity index (χ0) is 16.2. The van der Waals surface area contributed by atoms with Gasteiger partial charge in [-0.05, 0) is 11.6 Å². The number of amides is 2. The van der Waals surface area contributed by atoms with Gasteiger partial charge in [-0.15, -0.1) is 11.3 Å². The number of nitrogens with zero attached hydrogens (tertiary/aromatic N) is 1. The van der Waals surface area contributed by atoms with Gasteiger partial charge < -0.3 is 10.6 Å². The summed E-state index contributed by atoms with van der Waals surface area (Å²) < 4.78 is 0. The van der Waals surface area contributed by atoms with Crippen LogP contribution in [0.1, 0.15) is 37.0 Å². The summed E-state index contributed by atoms with van der Waals surface area (Å²) in [6.07, 6.45) is 0. The molecule has 4 nitrogen and oxygen atoms in total. The molecule has 1 heterocycles. The maximum Gasteiger partial charge on any atom is 0.315 e. The molecule has 0 saturated carbocycles. The van der Waals surface area contributed by atoms with Crippen LogP contribution in [0.3, 0.4) is 0 Å². The molecule has 0 aliphatic rings. The fourth-order valence-corrected chi connectivity index (χ4v) is 2.89. The van der Waals surface area contributed by atoms with Crippen LogP contribution in [-0.4, -0.2) is 11.0 Å². The molecule has 1 aromatic heterocycles. The van der Waals surface area contributed by atoms with Gasteiger partial charge in [0, 0.05) is 22.4 Å². The highest BCUT2D eigenvalue weighted by Crippen LogP contribution is 2.25. The number of nitrogens with one attached hydrogen (secondary N) is 2. The van der Waals surface area contributed by atoms with Crippen molar-refractivity contribution < 1.29 is 4.79 Å². The third-order valence-corrected chi connectivity index (χ3v) is 4.71. The van der Waals surface area contributed by atoms with Crippen molar-refractivity contribution in [3.8, 4) is 0 Å². The molecule has 0 aliphatic carbocycles. The Bertz CT molecular complexity index is 649. The van der Waals surface area contributed by atoms with Crippen molar-refractivity contribution in [2.75, 3.05) is 0 Å². The van der Waals surface area contributed by atoms with Crippen LogP contribution in [-0.2, 0) is 18.5 Å². The third kappa shape index (κ3) is 4.71. The highest BCUT2D eigenvalue weighted by atomic mass is 35.5. The fraction of sp³-hybridized carbons (Fsp3) is 0.375. The van der Waals surface area contributed by atoms with Gasteiger partial charge in [0.05, 0.1) is 17.2 Å². The van der Waals surface area contributed by atoms with Crippen LogP contribution >= 0.6 is 22.9 Å². The van der Waals surface area contributed by atoms with Crippen LogP contribution in [0, 0.1) is 0 Å². The van der Waals surface area contributed by atoms with E-state index in [1.165, 1.54) is 0 Å². The Kier molecular flexibility index (Phi) is 5.42. The Morgan fingerprint density at radius 1 is 1.23 bits per heavy atom. The van der Waals surface area contributed by atoms with Crippen molar-refractivity contribution >= 4 is 29.0 Å². The first-order chi connectivity index (χ1) is 10.4. The van der Waals surface area contributed by atoms with Gasteiger partial charge in [0.15, 0.2) is 0 Å². The molecule has 0 fully saturated rings. The zero-order valence-electron chi connectivity index (χ0n) is 12.9. The van der Waals surface area contributed by atoms with Gasteiger partial charge in [-0.3, -0.25) is 0 Å². The van der Waals surface area contributed by atoms with Crippen molar-refractivity contribution in [1.29, 1.82) is 0 Å². The van der Waals surface area contributed by atoms with Crippen LogP contribution < -0.4 is 10.6 Å². The first-order valence-corrected chi connectivity index (χ1v) is 8.32. The molecule has 2 N–H and O–H groups in total. The van der Waals surface area contributed by atoms with E-state index in [2.05, 4.69) is 36.4 Å². The summed E-state index contributed by atoms with van der Waals surface area (Å²) in [5, 5.41) is 9.29. The van der Waals surface area contributed by atoms with Crippen LogP contribution in [0.5, 0.6) is 0 Å². The van der Waals surface area contributed by atoms with E-state index in [1.807, 2.05) is 23.6 Å². The zero-order valence-corrected chi connectivity index (χ0v) is 14.5. The number of halogens is 1. The van der Waals surface area contributed by atoms with E-state index in [0.717, 1.165) is 16.3 Å². The van der Waals surface area contributed by atoms with Gasteiger partial charge in [-0.1, -0.05) is 50.6 Å². The predicted molar refractivity (Wildman–Crippen MR) is 91.3 cm³/mol. The second kappa shape index (κ2) is 7.11. The summed E-state index contributed by atoms with van der Waals surface area (Å²) in [5.74, 6) is 0. The van der Waals surface area contributed by atoms with Gasteiger partial charge >= 0.3 is 6.03 Å². The Balaban J connectivity index is 1.81. The Morgan fingerprint density at radius 3 is 2.55 bits per heavy atom. The van der Waals surface area contributed by atoms with Crippen LogP contribution in [0.4, 0.5) is 4.79 Å². The highest BCUT2D eigenvalue weighted by Gasteiger charge is 2.18. The molecule has 22 heavy (non-hydrogen) atoms. The Labute approximate surface area is 139 Å². The molecule has 1 aromatic carbocycles. The SMILES string of the molecule is CC(C)(C)c1nc(CNC(=O)NCc2ccccc2Cl)cs1. The topological polar surface area (TPSA) is 54.0 Å². The third-order valence-electron chi connectivity index (χ3n) is 3.02. The lowest BCUT2D eigenvalue weighted by Crippen LogP contribution is -2.34. The standard InChI is InChI=1S/C16H20ClN3OS/c1-16(2,3)14-20-12(10-22-14)9-19-15(21)18-8-11-6-4-5-7-13(11)17/h4-7,10H,8-9H2,1-3H3,(H2,18,19,21). The van der Waals surface area contributed by atoms with E-state index < -0.39 is 0 Å². The molecular weight excluding hydrogens is 318 g/mol. The number of hydrogen-bond donors (Lipinski definition) is 2. The maximum atomic E-state index is 11.8. The van der Waals surface area contributed by atoms with E-state index >= 15 is 0 Å². The second-order valence-corrected chi connectivity index (χ2v) is 7.29. The van der Waals surface area contributed by atoms with Crippen molar-refractivity contribution in [3.05, 3.63) is 50.9 Å². The lowest BCUT2D eigenvalue weighted by molar-refractivity contribution is 0.240. The molecule has 0 spiro atoms. The first-order valence-electron chi connectivity index (χ1n) is 7.06. The van der Waals surface area contributed by atoms with E-state index in [-0.39, 0.29) is 11.4 Å². The van der Waals surface area contributed by atoms with E-state index in [4.69, 9.17) is 11.6 Å². The number of carbonyl (C=O) groups is 1. The van der Waals surface area contributed by atoms with Gasteiger partial charge in [0.25, 0.3) is 0 Å². The molecular formula is C16H20ClN3OS. The molecule has 2 aromatic rings. The molecule has 6 heteroatoms. The largest absolute Gasteiger partial charge is 0.334 e. The average Bonchev–Trinajstić information content (AvgIpc) is 2.93. The lowest BCUT2D eigenvalue weighted by atomic mass is 9.98. The van der Waals surface area contributed by atoms with E-state index in [1.54, 1.807) is 17.4 Å². The smallest absolute Gasteiger partial charge is 0.315 e. The monoisotopic (exact) mass is 337 g/mol. The Morgan fingerprint density at radius 2 is 1.91 bits per heavy atom. The number of carbonyl (C=O) groups excluding carboxylic acids is 1. The van der Waals surface area contributed by atoms with Gasteiger partial charge in [0.1, 0.15) is 0 Å². The number of thiazole rings is 1. The number of benzene rings is 1. The minimum atomic E-state index is -0.231. The molecule has 2 rings (SSSR count). The molecule has 0 saturated heterocycles. The van der Waals surface area contributed by atoms with E-state index in [9.17, 15) is 4.79 Å². The van der Waals surface area contributed by atoms with Gasteiger partial charge in [-0.2, -0.15) is 0 Å². The Hall–Kier alpha value is -1.59. The lowest BCUT2D eigenvalue weighted by Gasteiger charge is -2.13. The molecule has 0 unspecified atom stereocenters. The summed E-state index contributed by atoms with van der Waals surface area (Å²) in [4.78, 5) is 16.4. The van der Waals surface area contributed by atoms with Crippen molar-refractivity contribution in [3.63, 3.8) is 0 Å². The van der Waals surface area contributed by atoms with Crippen molar-refractivity contribution in [1.82, 2.24) is 15.6 Å². The molecule has 2 amide bonds. The molecule has 0 radical (unpaired) electrons. The number of aromatic nitrogens is 1. The van der Waals surface area contributed by atoms with Crippen LogP contribution in [0.15, 0.2) is 29.6 Å². The fourth-order valence-electron chi connectivity index (χ4n) is 1.78. The van der Waals surface area contributed by atoms with Crippen molar-refractivity contribution in [2.24, 2.45) is 0 Å². The summed E-state index contributed by atoms with van der Waals surface area (Å²) in [7, 11) is 0. The second-order valence-electron chi connectivity index (χ2n) is 6.02. The quantitative estimate of drug-likeness (QED) is 0.882. The molecule has 0 aliphatic heterocycles. The number of rotatable bonds is 4. The normalized spacial score (nSPS) is 11.3. The average molecular weight is 338 g/mol. The van der Waals surface area contributed by atoms with Crippen LogP contribution in [0.2, 0.25) is 5.02 Å². The molecule has 118 valence electrons. The van der Waals surface area contributed by atoms with Gasteiger partial charge in [-0.25, -0.2) is 9.78 Å². The number of hydrogen-bond acceptors (Lipinski definition) is 3. The summed E-state index contributed by atoms with van der Waals surface area (Å²) >= 11 is 7.67. The minimum absolute atomic E-state index is 0.0369. The highest BCUT2D eigenvalue weighted by molar-refractivity contribution is 7.09. The summed E-state index contributed by atoms with van der Waals surface area (Å²) in [6, 6.07) is 7.22. The molecule has 0 atom stereocenters. The number of urea groups is 1. The van der Waals surface area contributed by atoms with E-state index in [0.29, 0.717) is 18.1 Å².